The van der Waals surface area contributed by atoms with Crippen LogP contribution in [-0.4, -0.2) is 63.6 Å². The summed E-state index contributed by atoms with van der Waals surface area (Å²) in [6.07, 6.45) is 5.20. The largest absolute Gasteiger partial charge is 0.493 e. The highest BCUT2D eigenvalue weighted by Gasteiger charge is 2.31. The summed E-state index contributed by atoms with van der Waals surface area (Å²) < 4.78 is 23.8. The number of furan rings is 1. The maximum atomic E-state index is 14.2. The van der Waals surface area contributed by atoms with Crippen molar-refractivity contribution in [3.8, 4) is 39.7 Å². The Hall–Kier alpha value is -5.32. The Bertz CT molecular complexity index is 2010. The second-order valence-corrected chi connectivity index (χ2v) is 13.1. The van der Waals surface area contributed by atoms with Crippen LogP contribution in [0.4, 0.5) is 0 Å². The van der Waals surface area contributed by atoms with Gasteiger partial charge in [-0.1, -0.05) is 36.8 Å². The first kappa shape index (κ1) is 35.5. The van der Waals surface area contributed by atoms with Crippen LogP contribution in [0.1, 0.15) is 68.2 Å². The van der Waals surface area contributed by atoms with E-state index in [2.05, 4.69) is 10.6 Å². The van der Waals surface area contributed by atoms with E-state index >= 15 is 0 Å². The fourth-order valence-corrected chi connectivity index (χ4v) is 7.37. The van der Waals surface area contributed by atoms with Gasteiger partial charge >= 0.3 is 0 Å². The number of likely N-dealkylation sites (tertiary alicyclic amines) is 1. The smallest absolute Gasteiger partial charge is 0.224 e. The molecule has 1 aromatic heterocycles. The van der Waals surface area contributed by atoms with Gasteiger partial charge in [-0.15, -0.1) is 0 Å². The van der Waals surface area contributed by atoms with E-state index in [9.17, 15) is 19.2 Å². The SMILES string of the molecule is COc1cc2c(c(OC)c1OC)-c1cc3c(CC(=O)NCCCN4CCCCCC4=O)c(-c4ccccc4)oc3c(=O)cc1[C@@H](NC(C)=O)CC2. The van der Waals surface area contributed by atoms with Crippen LogP contribution >= 0.6 is 0 Å². The molecule has 3 aromatic carbocycles. The van der Waals surface area contributed by atoms with Gasteiger partial charge in [0.2, 0.25) is 28.9 Å². The molecular formula is C40H45N3O8. The molecule has 1 aliphatic heterocycles. The monoisotopic (exact) mass is 695 g/mol. The minimum atomic E-state index is -0.493. The maximum absolute atomic E-state index is 14.2. The molecule has 1 saturated heterocycles. The molecule has 0 saturated carbocycles. The molecule has 4 aromatic rings. The molecule has 1 fully saturated rings. The van der Waals surface area contributed by atoms with Crippen LogP contribution in [0.15, 0.2) is 57.7 Å². The third-order valence-electron chi connectivity index (χ3n) is 9.77. The Labute approximate surface area is 297 Å². The quantitative estimate of drug-likeness (QED) is 0.190. The number of nitrogens with zero attached hydrogens (tertiary/aromatic N) is 1. The summed E-state index contributed by atoms with van der Waals surface area (Å²) in [4.78, 5) is 54.6. The Morgan fingerprint density at radius 3 is 2.45 bits per heavy atom. The van der Waals surface area contributed by atoms with Crippen molar-refractivity contribution >= 4 is 28.7 Å². The molecule has 2 aliphatic rings. The van der Waals surface area contributed by atoms with Gasteiger partial charge in [-0.3, -0.25) is 19.2 Å². The average Bonchev–Trinajstić information content (AvgIpc) is 3.21. The zero-order chi connectivity index (χ0) is 36.1. The molecule has 2 heterocycles. The fraction of sp³-hybridized carbons (Fsp3) is 0.400. The minimum Gasteiger partial charge on any atom is -0.493 e. The molecule has 51 heavy (non-hydrogen) atoms. The molecule has 268 valence electrons. The number of benzene rings is 2. The average molecular weight is 696 g/mol. The van der Waals surface area contributed by atoms with Crippen LogP contribution in [0.5, 0.6) is 17.2 Å². The number of carbonyl (C=O) groups excluding carboxylic acids is 3. The van der Waals surface area contributed by atoms with E-state index in [0.717, 1.165) is 36.9 Å². The van der Waals surface area contributed by atoms with Crippen molar-refractivity contribution in [2.24, 2.45) is 0 Å². The van der Waals surface area contributed by atoms with Crippen molar-refractivity contribution in [1.29, 1.82) is 0 Å². The van der Waals surface area contributed by atoms with Crippen molar-refractivity contribution in [1.82, 2.24) is 15.5 Å². The van der Waals surface area contributed by atoms with Gasteiger partial charge in [-0.2, -0.15) is 0 Å². The van der Waals surface area contributed by atoms with E-state index in [0.29, 0.717) is 89.4 Å². The highest BCUT2D eigenvalue weighted by Crippen LogP contribution is 2.51. The number of hydrogen-bond donors (Lipinski definition) is 2. The predicted octanol–water partition coefficient (Wildman–Crippen LogP) is 5.73. The first-order chi connectivity index (χ1) is 24.7. The molecule has 1 aliphatic carbocycles. The first-order valence-corrected chi connectivity index (χ1v) is 17.6. The van der Waals surface area contributed by atoms with Crippen LogP contribution < -0.4 is 30.3 Å². The number of carbonyl (C=O) groups is 3. The normalized spacial score (nSPS) is 15.6. The van der Waals surface area contributed by atoms with E-state index in [1.807, 2.05) is 47.4 Å². The number of nitrogens with one attached hydrogen (secondary N) is 2. The fourth-order valence-electron chi connectivity index (χ4n) is 7.37. The van der Waals surface area contributed by atoms with Crippen LogP contribution in [-0.2, 0) is 27.2 Å². The molecule has 11 nitrogen and oxygen atoms in total. The second kappa shape index (κ2) is 15.7. The lowest BCUT2D eigenvalue weighted by molar-refractivity contribution is -0.130. The number of rotatable bonds is 11. The predicted molar refractivity (Wildman–Crippen MR) is 194 cm³/mol. The molecule has 6 rings (SSSR count). The summed E-state index contributed by atoms with van der Waals surface area (Å²) in [5.41, 5.74) is 3.86. The van der Waals surface area contributed by atoms with Gasteiger partial charge in [0.05, 0.1) is 33.8 Å². The summed E-state index contributed by atoms with van der Waals surface area (Å²) in [5, 5.41) is 6.55. The van der Waals surface area contributed by atoms with Crippen LogP contribution in [0.25, 0.3) is 33.4 Å². The zero-order valence-electron chi connectivity index (χ0n) is 29.7. The van der Waals surface area contributed by atoms with E-state index < -0.39 is 6.04 Å². The van der Waals surface area contributed by atoms with Crippen molar-refractivity contribution < 1.29 is 33.0 Å². The van der Waals surface area contributed by atoms with Crippen molar-refractivity contribution in [3.63, 3.8) is 0 Å². The van der Waals surface area contributed by atoms with Gasteiger partial charge in [-0.25, -0.2) is 0 Å². The van der Waals surface area contributed by atoms with Gasteiger partial charge in [0, 0.05) is 55.1 Å². The zero-order valence-corrected chi connectivity index (χ0v) is 29.7. The van der Waals surface area contributed by atoms with Gasteiger partial charge in [-0.05, 0) is 67.0 Å². The van der Waals surface area contributed by atoms with Crippen LogP contribution in [0.2, 0.25) is 0 Å². The minimum absolute atomic E-state index is 0.0524. The maximum Gasteiger partial charge on any atom is 0.224 e. The summed E-state index contributed by atoms with van der Waals surface area (Å²) in [6, 6.07) is 14.2. The van der Waals surface area contributed by atoms with Gasteiger partial charge in [0.25, 0.3) is 0 Å². The number of methoxy groups -OCH3 is 3. The standard InChI is InChI=1S/C40H45N3O8/c1-24(44)42-31-16-15-26-20-33(48-2)39(49-3)40(50-4)36(26)28-21-29-30(23-34(46)41-17-11-19-43-18-10-6-9-14-35(43)47)37(25-12-7-5-8-13-25)51-38(29)32(45)22-27(28)31/h5,7-8,12-13,20-22,31H,6,9-11,14-19,23H2,1-4H3,(H,41,46)(H,42,44)/t31-/m0/s1. The van der Waals surface area contributed by atoms with E-state index in [1.54, 1.807) is 14.2 Å². The molecule has 11 heteroatoms. The van der Waals surface area contributed by atoms with Gasteiger partial charge in [0.15, 0.2) is 17.1 Å². The van der Waals surface area contributed by atoms with E-state index in [4.69, 9.17) is 18.6 Å². The molecule has 2 N–H and O–H groups in total. The molecule has 0 unspecified atom stereocenters. The third kappa shape index (κ3) is 7.43. The number of ether oxygens (including phenoxy) is 3. The molecule has 1 atom stereocenters. The van der Waals surface area contributed by atoms with Crippen LogP contribution in [0.3, 0.4) is 0 Å². The van der Waals surface area contributed by atoms with E-state index in [1.165, 1.54) is 20.1 Å². The van der Waals surface area contributed by atoms with Crippen molar-refractivity contribution in [2.75, 3.05) is 41.0 Å². The first-order valence-electron chi connectivity index (χ1n) is 17.6. The lowest BCUT2D eigenvalue weighted by Gasteiger charge is -2.20. The number of amides is 3. The number of hydrogen-bond acceptors (Lipinski definition) is 8. The van der Waals surface area contributed by atoms with Crippen molar-refractivity contribution in [2.45, 2.75) is 64.3 Å². The van der Waals surface area contributed by atoms with Gasteiger partial charge < -0.3 is 34.2 Å². The molecule has 3 amide bonds. The second-order valence-electron chi connectivity index (χ2n) is 13.1. The van der Waals surface area contributed by atoms with E-state index in [-0.39, 0.29) is 35.2 Å². The molecule has 0 spiro atoms. The van der Waals surface area contributed by atoms with Crippen LogP contribution in [0, 0.1) is 0 Å². The summed E-state index contributed by atoms with van der Waals surface area (Å²) in [6.45, 7) is 3.20. The summed E-state index contributed by atoms with van der Waals surface area (Å²) in [7, 11) is 4.65. The van der Waals surface area contributed by atoms with Crippen molar-refractivity contribution in [3.05, 3.63) is 75.4 Å². The Morgan fingerprint density at radius 2 is 1.73 bits per heavy atom. The topological polar surface area (TPSA) is 136 Å². The Kier molecular flexibility index (Phi) is 10.9. The summed E-state index contributed by atoms with van der Waals surface area (Å²) >= 11 is 0. The molecule has 0 radical (unpaired) electrons. The van der Waals surface area contributed by atoms with Gasteiger partial charge in [0.1, 0.15) is 5.76 Å². The Morgan fingerprint density at radius 1 is 0.941 bits per heavy atom. The lowest BCUT2D eigenvalue weighted by atomic mass is 9.94. The Balaban J connectivity index is 1.48. The lowest BCUT2D eigenvalue weighted by Crippen LogP contribution is -2.34. The number of aryl methyl sites for hydroxylation is 1. The summed E-state index contributed by atoms with van der Waals surface area (Å²) in [5.74, 6) is 1.46. The highest BCUT2D eigenvalue weighted by molar-refractivity contribution is 5.96. The molecular weight excluding hydrogens is 650 g/mol. The highest BCUT2D eigenvalue weighted by atomic mass is 16.5. The number of fused-ring (bicyclic) bond motifs is 4. The molecule has 0 bridgehead atoms. The third-order valence-corrected chi connectivity index (χ3v) is 9.77.